The van der Waals surface area contributed by atoms with Crippen LogP contribution in [0.2, 0.25) is 0 Å². The normalized spacial score (nSPS) is 9.82. The number of urea groups is 1. The van der Waals surface area contributed by atoms with Gasteiger partial charge in [0.1, 0.15) is 0 Å². The topological polar surface area (TPSA) is 95.5 Å². The van der Waals surface area contributed by atoms with Gasteiger partial charge in [0.25, 0.3) is 0 Å². The largest absolute Gasteiger partial charge is 0.355 e. The maximum atomic E-state index is 11.7. The monoisotopic (exact) mass is 383 g/mol. The van der Waals surface area contributed by atoms with Crippen LogP contribution in [-0.2, 0) is 11.3 Å². The standard InChI is InChI=1S/C17H22N4O.C4H7NO/c1-12(2)20-17(22)19-11-14-10-18-8-7-16(14)21-15-6-4-5-13(3)9-15;1-4(2)5-3-6/h4-10,12H,11H2,1-3H3,(H,18,21)(H2,19,20,22);4H,1-2H3. The van der Waals surface area contributed by atoms with Crippen LogP contribution in [0.1, 0.15) is 38.8 Å². The third-order valence-electron chi connectivity index (χ3n) is 3.37. The molecule has 150 valence electrons. The number of nitrogens with zero attached hydrogens (tertiary/aromatic N) is 2. The minimum Gasteiger partial charge on any atom is -0.355 e. The fraction of sp³-hybridized carbons (Fsp3) is 0.381. The highest BCUT2D eigenvalue weighted by Crippen LogP contribution is 2.20. The Hall–Kier alpha value is -3.18. The van der Waals surface area contributed by atoms with Gasteiger partial charge in [-0.05, 0) is 58.4 Å². The van der Waals surface area contributed by atoms with Crippen LogP contribution in [0.15, 0.2) is 47.7 Å². The number of aromatic nitrogens is 1. The van der Waals surface area contributed by atoms with Crippen molar-refractivity contribution >= 4 is 23.5 Å². The van der Waals surface area contributed by atoms with Gasteiger partial charge in [-0.15, -0.1) is 0 Å². The van der Waals surface area contributed by atoms with Crippen molar-refractivity contribution in [3.05, 3.63) is 53.9 Å². The molecule has 0 radical (unpaired) electrons. The molecular formula is C21H29N5O2. The number of carbonyl (C=O) groups is 1. The number of carbonyl (C=O) groups excluding carboxylic acids is 2. The van der Waals surface area contributed by atoms with E-state index in [-0.39, 0.29) is 18.1 Å². The van der Waals surface area contributed by atoms with Crippen molar-refractivity contribution in [2.75, 3.05) is 5.32 Å². The van der Waals surface area contributed by atoms with Gasteiger partial charge >= 0.3 is 6.03 Å². The lowest BCUT2D eigenvalue weighted by Crippen LogP contribution is -2.39. The molecule has 7 nitrogen and oxygen atoms in total. The molecule has 7 heteroatoms. The lowest BCUT2D eigenvalue weighted by atomic mass is 10.2. The molecule has 0 bridgehead atoms. The maximum absolute atomic E-state index is 11.7. The van der Waals surface area contributed by atoms with E-state index >= 15 is 0 Å². The van der Waals surface area contributed by atoms with Crippen LogP contribution >= 0.6 is 0 Å². The first-order valence-corrected chi connectivity index (χ1v) is 9.19. The average molecular weight is 383 g/mol. The summed E-state index contributed by atoms with van der Waals surface area (Å²) in [6.45, 7) is 9.97. The molecule has 0 spiro atoms. The summed E-state index contributed by atoms with van der Waals surface area (Å²) >= 11 is 0. The summed E-state index contributed by atoms with van der Waals surface area (Å²) in [5.41, 5.74) is 4.07. The van der Waals surface area contributed by atoms with Gasteiger partial charge in [-0.3, -0.25) is 4.98 Å². The zero-order chi connectivity index (χ0) is 20.9. The molecule has 1 aromatic carbocycles. The number of nitrogens with one attached hydrogen (secondary N) is 3. The summed E-state index contributed by atoms with van der Waals surface area (Å²) in [4.78, 5) is 28.5. The molecule has 0 aliphatic rings. The van der Waals surface area contributed by atoms with E-state index in [4.69, 9.17) is 0 Å². The van der Waals surface area contributed by atoms with Gasteiger partial charge < -0.3 is 16.0 Å². The van der Waals surface area contributed by atoms with Crippen LogP contribution in [0, 0.1) is 6.92 Å². The van der Waals surface area contributed by atoms with Gasteiger partial charge in [-0.2, -0.15) is 0 Å². The molecule has 1 heterocycles. The molecule has 2 amide bonds. The first-order valence-electron chi connectivity index (χ1n) is 9.19. The second-order valence-electron chi connectivity index (χ2n) is 6.82. The van der Waals surface area contributed by atoms with Crippen LogP contribution in [0.3, 0.4) is 0 Å². The summed E-state index contributed by atoms with van der Waals surface area (Å²) in [6.07, 6.45) is 4.93. The lowest BCUT2D eigenvalue weighted by Gasteiger charge is -2.14. The Balaban J connectivity index is 0.000000568. The minimum absolute atomic E-state index is 0.0995. The van der Waals surface area contributed by atoms with Crippen molar-refractivity contribution in [2.45, 2.75) is 53.2 Å². The van der Waals surface area contributed by atoms with Crippen molar-refractivity contribution in [3.63, 3.8) is 0 Å². The number of aryl methyl sites for hydroxylation is 1. The van der Waals surface area contributed by atoms with Gasteiger partial charge in [0.2, 0.25) is 6.08 Å². The van der Waals surface area contributed by atoms with Crippen molar-refractivity contribution in [1.29, 1.82) is 0 Å². The van der Waals surface area contributed by atoms with E-state index in [9.17, 15) is 9.59 Å². The number of isocyanates is 1. The highest BCUT2D eigenvalue weighted by Gasteiger charge is 2.06. The molecule has 0 aliphatic heterocycles. The molecule has 0 unspecified atom stereocenters. The Bertz CT molecular complexity index is 799. The molecule has 0 aliphatic carbocycles. The maximum Gasteiger partial charge on any atom is 0.315 e. The third kappa shape index (κ3) is 9.50. The van der Waals surface area contributed by atoms with E-state index < -0.39 is 0 Å². The number of aliphatic imine (C=N–C) groups is 1. The van der Waals surface area contributed by atoms with Crippen LogP contribution < -0.4 is 16.0 Å². The first-order chi connectivity index (χ1) is 13.3. The van der Waals surface area contributed by atoms with E-state index in [2.05, 4.69) is 45.0 Å². The fourth-order valence-electron chi connectivity index (χ4n) is 2.16. The predicted molar refractivity (Wildman–Crippen MR) is 112 cm³/mol. The second-order valence-corrected chi connectivity index (χ2v) is 6.82. The molecule has 0 atom stereocenters. The summed E-state index contributed by atoms with van der Waals surface area (Å²) < 4.78 is 0. The number of anilines is 2. The molecule has 3 N–H and O–H groups in total. The van der Waals surface area contributed by atoms with E-state index in [1.807, 2.05) is 45.9 Å². The Morgan fingerprint density at radius 2 is 1.96 bits per heavy atom. The number of amides is 2. The Morgan fingerprint density at radius 3 is 2.54 bits per heavy atom. The minimum atomic E-state index is -0.180. The van der Waals surface area contributed by atoms with Crippen LogP contribution in [0.25, 0.3) is 0 Å². The zero-order valence-corrected chi connectivity index (χ0v) is 17.1. The summed E-state index contributed by atoms with van der Waals surface area (Å²) in [6, 6.07) is 10.1. The van der Waals surface area contributed by atoms with Crippen molar-refractivity contribution in [3.8, 4) is 0 Å². The predicted octanol–water partition coefficient (Wildman–Crippen LogP) is 4.07. The molecule has 0 fully saturated rings. The van der Waals surface area contributed by atoms with Gasteiger partial charge in [0.15, 0.2) is 0 Å². The van der Waals surface area contributed by atoms with Crippen molar-refractivity contribution < 1.29 is 9.59 Å². The summed E-state index contributed by atoms with van der Waals surface area (Å²) in [5, 5.41) is 9.00. The van der Waals surface area contributed by atoms with Crippen molar-refractivity contribution in [1.82, 2.24) is 15.6 Å². The molecule has 28 heavy (non-hydrogen) atoms. The molecule has 2 rings (SSSR count). The molecule has 2 aromatic rings. The summed E-state index contributed by atoms with van der Waals surface area (Å²) in [5.74, 6) is 0. The van der Waals surface area contributed by atoms with Gasteiger partial charge in [-0.25, -0.2) is 14.6 Å². The lowest BCUT2D eigenvalue weighted by molar-refractivity contribution is 0.238. The highest BCUT2D eigenvalue weighted by atomic mass is 16.2. The fourth-order valence-corrected chi connectivity index (χ4v) is 2.16. The Morgan fingerprint density at radius 1 is 1.21 bits per heavy atom. The second kappa shape index (κ2) is 12.3. The van der Waals surface area contributed by atoms with E-state index in [0.29, 0.717) is 6.54 Å². The molecule has 0 saturated heterocycles. The first kappa shape index (κ1) is 22.9. The summed E-state index contributed by atoms with van der Waals surface area (Å²) in [7, 11) is 0. The van der Waals surface area contributed by atoms with Crippen molar-refractivity contribution in [2.24, 2.45) is 4.99 Å². The third-order valence-corrected chi connectivity index (χ3v) is 3.37. The quantitative estimate of drug-likeness (QED) is 0.517. The number of hydrogen-bond donors (Lipinski definition) is 3. The number of pyridine rings is 1. The van der Waals surface area contributed by atoms with Gasteiger partial charge in [0, 0.05) is 41.9 Å². The van der Waals surface area contributed by atoms with E-state index in [0.717, 1.165) is 16.9 Å². The van der Waals surface area contributed by atoms with Gasteiger partial charge in [-0.1, -0.05) is 12.1 Å². The number of hydrogen-bond acceptors (Lipinski definition) is 5. The van der Waals surface area contributed by atoms with E-state index in [1.165, 1.54) is 11.6 Å². The number of benzene rings is 1. The molecule has 0 saturated carbocycles. The SMILES string of the molecule is CC(C)N=C=O.Cc1cccc(Nc2ccncc2CNC(=O)NC(C)C)c1. The number of rotatable bonds is 6. The smallest absolute Gasteiger partial charge is 0.315 e. The zero-order valence-electron chi connectivity index (χ0n) is 17.1. The van der Waals surface area contributed by atoms with Gasteiger partial charge in [0.05, 0.1) is 6.04 Å². The van der Waals surface area contributed by atoms with Crippen LogP contribution in [-0.4, -0.2) is 29.2 Å². The molecule has 1 aromatic heterocycles. The van der Waals surface area contributed by atoms with Crippen LogP contribution in [0.4, 0.5) is 16.2 Å². The van der Waals surface area contributed by atoms with Crippen LogP contribution in [0.5, 0.6) is 0 Å². The van der Waals surface area contributed by atoms with E-state index in [1.54, 1.807) is 12.4 Å². The molecular weight excluding hydrogens is 354 g/mol. The Labute approximate surface area is 166 Å². The highest BCUT2D eigenvalue weighted by molar-refractivity contribution is 5.74. The average Bonchev–Trinajstić information content (AvgIpc) is 2.61. The Kier molecular flexibility index (Phi) is 10.0.